The molecule has 0 aliphatic carbocycles. The molecule has 0 aromatic rings. The molecule has 0 aliphatic heterocycles. The molecule has 2 N–H and O–H groups in total. The summed E-state index contributed by atoms with van der Waals surface area (Å²) in [5, 5.41) is 10.3. The van der Waals surface area contributed by atoms with Gasteiger partial charge in [0.25, 0.3) is 0 Å². The number of hydrogen-bond acceptors (Lipinski definition) is 3. The summed E-state index contributed by atoms with van der Waals surface area (Å²) in [6.07, 6.45) is 2.37. The Morgan fingerprint density at radius 2 is 1.73 bits per heavy atom. The summed E-state index contributed by atoms with van der Waals surface area (Å²) in [5.41, 5.74) is 5.30. The minimum absolute atomic E-state index is 0. The first kappa shape index (κ1) is 20.4. The van der Waals surface area contributed by atoms with Crippen LogP contribution < -0.4 is 10.8 Å². The van der Waals surface area contributed by atoms with Gasteiger partial charge in [-0.05, 0) is 19.3 Å². The number of carboxylic acids is 1. The third kappa shape index (κ3) is 14.0. The van der Waals surface area contributed by atoms with Crippen LogP contribution in [0.3, 0.4) is 0 Å². The lowest BCUT2D eigenvalue weighted by Gasteiger charge is -2.24. The van der Waals surface area contributed by atoms with E-state index in [4.69, 9.17) is 5.73 Å². The van der Waals surface area contributed by atoms with Crippen molar-refractivity contribution in [2.75, 3.05) is 27.7 Å². The van der Waals surface area contributed by atoms with E-state index in [1.54, 1.807) is 0 Å². The highest BCUT2D eigenvalue weighted by atomic mass is 35.5. The minimum Gasteiger partial charge on any atom is -0.548 e. The summed E-state index contributed by atoms with van der Waals surface area (Å²) >= 11 is 0. The molecule has 0 bridgehead atoms. The maximum absolute atomic E-state index is 10.3. The zero-order chi connectivity index (χ0) is 10.5. The summed E-state index contributed by atoms with van der Waals surface area (Å²) in [6.45, 7) is 1.04. The van der Waals surface area contributed by atoms with Crippen molar-refractivity contribution in [3.05, 3.63) is 0 Å². The van der Waals surface area contributed by atoms with Crippen LogP contribution in [0.1, 0.15) is 19.3 Å². The van der Waals surface area contributed by atoms with Crippen molar-refractivity contribution in [2.24, 2.45) is 5.73 Å². The number of halogens is 2. The van der Waals surface area contributed by atoms with E-state index in [2.05, 4.69) is 21.1 Å². The Hall–Kier alpha value is -0.0300. The lowest BCUT2D eigenvalue weighted by Crippen LogP contribution is -2.42. The average molecular weight is 261 g/mol. The van der Waals surface area contributed by atoms with E-state index in [-0.39, 0.29) is 24.8 Å². The van der Waals surface area contributed by atoms with Crippen molar-refractivity contribution in [3.63, 3.8) is 0 Å². The minimum atomic E-state index is -1.15. The fourth-order valence-electron chi connectivity index (χ4n) is 1.07. The summed E-state index contributed by atoms with van der Waals surface area (Å²) in [4.78, 5) is 10.3. The quantitative estimate of drug-likeness (QED) is 0.531. The van der Waals surface area contributed by atoms with Crippen LogP contribution >= 0.6 is 24.8 Å². The first-order chi connectivity index (χ1) is 5.83. The smallest absolute Gasteiger partial charge is 0.0780 e. The number of rotatable bonds is 6. The third-order valence-electron chi connectivity index (χ3n) is 1.90. The van der Waals surface area contributed by atoms with Gasteiger partial charge in [0.1, 0.15) is 0 Å². The fraction of sp³-hybridized carbons (Fsp3) is 0.889. The van der Waals surface area contributed by atoms with Crippen molar-refractivity contribution in [1.82, 2.24) is 0 Å². The topological polar surface area (TPSA) is 66.2 Å². The maximum Gasteiger partial charge on any atom is 0.0780 e. The highest BCUT2D eigenvalue weighted by Crippen LogP contribution is 2.02. The largest absolute Gasteiger partial charge is 0.548 e. The Kier molecular flexibility index (Phi) is 12.5. The van der Waals surface area contributed by atoms with E-state index < -0.39 is 12.0 Å². The first-order valence-electron chi connectivity index (χ1n) is 4.60. The van der Waals surface area contributed by atoms with Crippen LogP contribution in [0.2, 0.25) is 0 Å². The van der Waals surface area contributed by atoms with Gasteiger partial charge in [0.2, 0.25) is 0 Å². The Balaban J connectivity index is -0.000000720. The monoisotopic (exact) mass is 260 g/mol. The molecule has 1 atom stereocenters. The standard InChI is InChI=1S/C9H20N2O2.2ClH/c1-11(2,3)7-5-4-6-8(10)9(12)13;;/h8H,4-7,10H2,1-3H3;2*1H. The molecule has 0 saturated carbocycles. The molecule has 0 spiro atoms. The number of nitrogens with zero attached hydrogens (tertiary/aromatic N) is 1. The zero-order valence-corrected chi connectivity index (χ0v) is 11.2. The van der Waals surface area contributed by atoms with Gasteiger partial charge in [0.15, 0.2) is 0 Å². The molecule has 0 heterocycles. The normalized spacial score (nSPS) is 12.3. The summed E-state index contributed by atoms with van der Waals surface area (Å²) in [6, 6.07) is -0.799. The second-order valence-corrected chi connectivity index (χ2v) is 4.44. The molecule has 0 radical (unpaired) electrons. The second-order valence-electron chi connectivity index (χ2n) is 4.44. The van der Waals surface area contributed by atoms with Gasteiger partial charge in [-0.2, -0.15) is 0 Å². The lowest BCUT2D eigenvalue weighted by molar-refractivity contribution is -0.870. The molecule has 0 fully saturated rings. The molecule has 15 heavy (non-hydrogen) atoms. The molecule has 0 rings (SSSR count). The van der Waals surface area contributed by atoms with E-state index >= 15 is 0 Å². The highest BCUT2D eigenvalue weighted by molar-refractivity contribution is 5.85. The van der Waals surface area contributed by atoms with Gasteiger partial charge in [0, 0.05) is 6.04 Å². The first-order valence-corrected chi connectivity index (χ1v) is 4.60. The molecule has 0 aliphatic rings. The van der Waals surface area contributed by atoms with Gasteiger partial charge in [-0.25, -0.2) is 0 Å². The number of carboxylic acid groups (broad SMARTS) is 1. The Morgan fingerprint density at radius 1 is 1.27 bits per heavy atom. The van der Waals surface area contributed by atoms with Gasteiger partial charge in [-0.15, -0.1) is 24.8 Å². The molecule has 0 amide bonds. The van der Waals surface area contributed by atoms with Crippen molar-refractivity contribution in [3.8, 4) is 0 Å². The molecule has 0 saturated heterocycles. The van der Waals surface area contributed by atoms with Gasteiger partial charge >= 0.3 is 0 Å². The Bertz CT molecular complexity index is 172. The predicted octanol–water partition coefficient (Wildman–Crippen LogP) is -0.216. The molecule has 94 valence electrons. The van der Waals surface area contributed by atoms with Gasteiger partial charge in [0.05, 0.1) is 33.7 Å². The molecule has 0 aromatic heterocycles. The Labute approximate surface area is 104 Å². The van der Waals surface area contributed by atoms with E-state index in [1.807, 2.05) is 0 Å². The summed E-state index contributed by atoms with van der Waals surface area (Å²) in [5.74, 6) is -1.15. The van der Waals surface area contributed by atoms with Crippen LogP contribution in [0.25, 0.3) is 0 Å². The van der Waals surface area contributed by atoms with Crippen LogP contribution in [-0.2, 0) is 4.79 Å². The molecular weight excluding hydrogens is 239 g/mol. The Morgan fingerprint density at radius 3 is 2.07 bits per heavy atom. The van der Waals surface area contributed by atoms with Crippen LogP contribution in [-0.4, -0.2) is 44.2 Å². The number of hydrogen-bond donors (Lipinski definition) is 1. The molecular formula is C9H22Cl2N2O2. The van der Waals surface area contributed by atoms with Crippen LogP contribution in [0.4, 0.5) is 0 Å². The summed E-state index contributed by atoms with van der Waals surface area (Å²) in [7, 11) is 6.33. The molecule has 6 heteroatoms. The predicted molar refractivity (Wildman–Crippen MR) is 64.2 cm³/mol. The SMILES string of the molecule is C[N+](C)(C)CCCCC(N)C(=O)[O-].Cl.Cl. The van der Waals surface area contributed by atoms with Gasteiger partial charge in [-0.1, -0.05) is 0 Å². The number of unbranched alkanes of at least 4 members (excludes halogenated alkanes) is 1. The van der Waals surface area contributed by atoms with Gasteiger partial charge < -0.3 is 20.1 Å². The van der Waals surface area contributed by atoms with Crippen LogP contribution in [0.5, 0.6) is 0 Å². The van der Waals surface area contributed by atoms with Crippen molar-refractivity contribution in [2.45, 2.75) is 25.3 Å². The number of quaternary nitrogens is 1. The fourth-order valence-corrected chi connectivity index (χ4v) is 1.07. The molecule has 1 unspecified atom stereocenters. The van der Waals surface area contributed by atoms with Gasteiger partial charge in [-0.3, -0.25) is 0 Å². The lowest BCUT2D eigenvalue weighted by atomic mass is 10.1. The maximum atomic E-state index is 10.3. The van der Waals surface area contributed by atoms with E-state index in [0.717, 1.165) is 23.9 Å². The number of nitrogens with two attached hydrogens (primary N) is 1. The van der Waals surface area contributed by atoms with Crippen LogP contribution in [0, 0.1) is 0 Å². The third-order valence-corrected chi connectivity index (χ3v) is 1.90. The summed E-state index contributed by atoms with van der Waals surface area (Å²) < 4.78 is 0.903. The molecule has 0 aromatic carbocycles. The average Bonchev–Trinajstić information content (AvgIpc) is 1.95. The second kappa shape index (κ2) is 9.21. The molecule has 4 nitrogen and oxygen atoms in total. The number of aliphatic carboxylic acids is 1. The number of carbonyl (C=O) groups excluding carboxylic acids is 1. The van der Waals surface area contributed by atoms with E-state index in [0.29, 0.717) is 6.42 Å². The van der Waals surface area contributed by atoms with Crippen molar-refractivity contribution < 1.29 is 14.4 Å². The highest BCUT2D eigenvalue weighted by Gasteiger charge is 2.07. The van der Waals surface area contributed by atoms with E-state index in [9.17, 15) is 9.90 Å². The number of carbonyl (C=O) groups is 1. The van der Waals surface area contributed by atoms with Crippen molar-refractivity contribution >= 4 is 30.8 Å². The van der Waals surface area contributed by atoms with Crippen LogP contribution in [0.15, 0.2) is 0 Å². The van der Waals surface area contributed by atoms with E-state index in [1.165, 1.54) is 0 Å². The zero-order valence-electron chi connectivity index (χ0n) is 9.56. The van der Waals surface area contributed by atoms with Crippen molar-refractivity contribution in [1.29, 1.82) is 0 Å².